The molecule has 0 radical (unpaired) electrons. The number of benzene rings is 2. The van der Waals surface area contributed by atoms with Crippen LogP contribution < -0.4 is 15.4 Å². The zero-order chi connectivity index (χ0) is 17.5. The summed E-state index contributed by atoms with van der Waals surface area (Å²) in [5.74, 6) is 0.146. The second-order valence-corrected chi connectivity index (χ2v) is 5.49. The van der Waals surface area contributed by atoms with Gasteiger partial charge in [0.05, 0.1) is 13.2 Å². The van der Waals surface area contributed by atoms with Crippen LogP contribution in [-0.4, -0.2) is 25.0 Å². The van der Waals surface area contributed by atoms with Gasteiger partial charge in [-0.1, -0.05) is 6.07 Å². The first-order chi connectivity index (χ1) is 11.5. The summed E-state index contributed by atoms with van der Waals surface area (Å²) in [6.07, 6.45) is 0. The SMILES string of the molecule is CCOc1ccc(C(=O)NCC(=O)Nc2ccc(C)c(C)c2)cc1. The van der Waals surface area contributed by atoms with Crippen molar-refractivity contribution in [3.05, 3.63) is 59.2 Å². The average Bonchev–Trinajstić information content (AvgIpc) is 2.57. The largest absolute Gasteiger partial charge is 0.494 e. The number of hydrogen-bond acceptors (Lipinski definition) is 3. The first-order valence-corrected chi connectivity index (χ1v) is 7.87. The van der Waals surface area contributed by atoms with E-state index in [1.54, 1.807) is 24.3 Å². The van der Waals surface area contributed by atoms with Crippen LogP contribution in [-0.2, 0) is 4.79 Å². The van der Waals surface area contributed by atoms with Gasteiger partial charge in [-0.15, -0.1) is 0 Å². The lowest BCUT2D eigenvalue weighted by Crippen LogP contribution is -2.32. The fourth-order valence-electron chi connectivity index (χ4n) is 2.16. The molecule has 0 atom stereocenters. The molecule has 5 nitrogen and oxygen atoms in total. The quantitative estimate of drug-likeness (QED) is 0.857. The van der Waals surface area contributed by atoms with Crippen molar-refractivity contribution in [2.45, 2.75) is 20.8 Å². The van der Waals surface area contributed by atoms with Gasteiger partial charge in [-0.3, -0.25) is 9.59 Å². The maximum Gasteiger partial charge on any atom is 0.251 e. The summed E-state index contributed by atoms with van der Waals surface area (Å²) in [5.41, 5.74) is 3.47. The van der Waals surface area contributed by atoms with Crippen molar-refractivity contribution >= 4 is 17.5 Å². The Hall–Kier alpha value is -2.82. The lowest BCUT2D eigenvalue weighted by molar-refractivity contribution is -0.115. The Labute approximate surface area is 142 Å². The van der Waals surface area contributed by atoms with Crippen LogP contribution in [0.25, 0.3) is 0 Å². The minimum Gasteiger partial charge on any atom is -0.494 e. The van der Waals surface area contributed by atoms with Gasteiger partial charge in [0.2, 0.25) is 5.91 Å². The van der Waals surface area contributed by atoms with Crippen molar-refractivity contribution in [1.82, 2.24) is 5.32 Å². The fourth-order valence-corrected chi connectivity index (χ4v) is 2.16. The molecule has 0 heterocycles. The van der Waals surface area contributed by atoms with E-state index in [-0.39, 0.29) is 18.4 Å². The summed E-state index contributed by atoms with van der Waals surface area (Å²) in [4.78, 5) is 24.0. The Bertz CT molecular complexity index is 724. The topological polar surface area (TPSA) is 67.4 Å². The minimum absolute atomic E-state index is 0.0844. The number of hydrogen-bond donors (Lipinski definition) is 2. The third-order valence-electron chi connectivity index (χ3n) is 3.63. The van der Waals surface area contributed by atoms with E-state index in [1.165, 1.54) is 0 Å². The number of carbonyl (C=O) groups is 2. The molecule has 0 fully saturated rings. The number of rotatable bonds is 6. The molecule has 0 unspecified atom stereocenters. The third kappa shape index (κ3) is 4.84. The minimum atomic E-state index is -0.298. The van der Waals surface area contributed by atoms with Crippen molar-refractivity contribution in [3.8, 4) is 5.75 Å². The molecule has 0 aromatic heterocycles. The van der Waals surface area contributed by atoms with Crippen molar-refractivity contribution in [3.63, 3.8) is 0 Å². The highest BCUT2D eigenvalue weighted by Crippen LogP contribution is 2.14. The summed E-state index contributed by atoms with van der Waals surface area (Å²) in [6.45, 7) is 6.38. The molecule has 5 heteroatoms. The Morgan fingerprint density at radius 3 is 2.33 bits per heavy atom. The third-order valence-corrected chi connectivity index (χ3v) is 3.63. The molecule has 0 aliphatic rings. The maximum atomic E-state index is 12.0. The van der Waals surface area contributed by atoms with Gasteiger partial charge in [0, 0.05) is 11.3 Å². The van der Waals surface area contributed by atoms with Crippen molar-refractivity contribution in [2.24, 2.45) is 0 Å². The standard InChI is InChI=1S/C19H22N2O3/c1-4-24-17-9-6-15(7-10-17)19(23)20-12-18(22)21-16-8-5-13(2)14(3)11-16/h5-11H,4,12H2,1-3H3,(H,20,23)(H,21,22). The predicted molar refractivity (Wildman–Crippen MR) is 94.5 cm³/mol. The summed E-state index contributed by atoms with van der Waals surface area (Å²) in [7, 11) is 0. The predicted octanol–water partition coefficient (Wildman–Crippen LogP) is 3.07. The summed E-state index contributed by atoms with van der Waals surface area (Å²) in [6, 6.07) is 12.5. The normalized spacial score (nSPS) is 10.1. The van der Waals surface area contributed by atoms with Crippen LogP contribution in [0, 0.1) is 13.8 Å². The van der Waals surface area contributed by atoms with E-state index < -0.39 is 0 Å². The van der Waals surface area contributed by atoms with E-state index >= 15 is 0 Å². The van der Waals surface area contributed by atoms with E-state index in [2.05, 4.69) is 10.6 Å². The van der Waals surface area contributed by atoms with Gasteiger partial charge >= 0.3 is 0 Å². The number of anilines is 1. The Kier molecular flexibility index (Phi) is 5.95. The van der Waals surface area contributed by atoms with Crippen LogP contribution in [0.4, 0.5) is 5.69 Å². The molecule has 0 saturated carbocycles. The molecular weight excluding hydrogens is 304 g/mol. The first kappa shape index (κ1) is 17.5. The van der Waals surface area contributed by atoms with Gasteiger partial charge < -0.3 is 15.4 Å². The highest BCUT2D eigenvalue weighted by molar-refractivity contribution is 5.99. The Morgan fingerprint density at radius 1 is 1.00 bits per heavy atom. The smallest absolute Gasteiger partial charge is 0.251 e. The summed E-state index contributed by atoms with van der Waals surface area (Å²) < 4.78 is 5.33. The fraction of sp³-hybridized carbons (Fsp3) is 0.263. The number of aryl methyl sites for hydroxylation is 2. The number of amides is 2. The van der Waals surface area contributed by atoms with Crippen LogP contribution in [0.2, 0.25) is 0 Å². The molecule has 0 saturated heterocycles. The molecule has 0 aliphatic carbocycles. The molecule has 24 heavy (non-hydrogen) atoms. The lowest BCUT2D eigenvalue weighted by atomic mass is 10.1. The van der Waals surface area contributed by atoms with Gasteiger partial charge in [0.1, 0.15) is 5.75 Å². The molecule has 2 aromatic rings. The summed E-state index contributed by atoms with van der Waals surface area (Å²) >= 11 is 0. The van der Waals surface area contributed by atoms with E-state index in [4.69, 9.17) is 4.74 Å². The van der Waals surface area contributed by atoms with Gasteiger partial charge in [-0.05, 0) is 68.3 Å². The van der Waals surface area contributed by atoms with E-state index in [0.29, 0.717) is 17.9 Å². The molecule has 2 rings (SSSR count). The Balaban J connectivity index is 1.86. The van der Waals surface area contributed by atoms with Crippen LogP contribution in [0.5, 0.6) is 5.75 Å². The molecule has 2 aromatic carbocycles. The second kappa shape index (κ2) is 8.15. The van der Waals surface area contributed by atoms with Crippen molar-refractivity contribution in [2.75, 3.05) is 18.5 Å². The molecule has 2 N–H and O–H groups in total. The monoisotopic (exact) mass is 326 g/mol. The molecule has 126 valence electrons. The molecule has 0 aliphatic heterocycles. The zero-order valence-corrected chi connectivity index (χ0v) is 14.2. The van der Waals surface area contributed by atoms with Crippen LogP contribution in [0.15, 0.2) is 42.5 Å². The highest BCUT2D eigenvalue weighted by atomic mass is 16.5. The van der Waals surface area contributed by atoms with Gasteiger partial charge in [0.25, 0.3) is 5.91 Å². The number of nitrogens with one attached hydrogen (secondary N) is 2. The lowest BCUT2D eigenvalue weighted by Gasteiger charge is -2.09. The highest BCUT2D eigenvalue weighted by Gasteiger charge is 2.09. The van der Waals surface area contributed by atoms with Crippen LogP contribution >= 0.6 is 0 Å². The Morgan fingerprint density at radius 2 is 1.71 bits per heavy atom. The molecule has 2 amide bonds. The van der Waals surface area contributed by atoms with E-state index in [9.17, 15) is 9.59 Å². The van der Waals surface area contributed by atoms with Crippen molar-refractivity contribution in [1.29, 1.82) is 0 Å². The molecule has 0 bridgehead atoms. The number of carbonyl (C=O) groups excluding carboxylic acids is 2. The van der Waals surface area contributed by atoms with Gasteiger partial charge in [0.15, 0.2) is 0 Å². The van der Waals surface area contributed by atoms with E-state index in [1.807, 2.05) is 39.0 Å². The van der Waals surface area contributed by atoms with Gasteiger partial charge in [-0.25, -0.2) is 0 Å². The molecule has 0 spiro atoms. The van der Waals surface area contributed by atoms with E-state index in [0.717, 1.165) is 16.8 Å². The van der Waals surface area contributed by atoms with Crippen LogP contribution in [0.1, 0.15) is 28.4 Å². The second-order valence-electron chi connectivity index (χ2n) is 5.49. The average molecular weight is 326 g/mol. The van der Waals surface area contributed by atoms with Crippen LogP contribution in [0.3, 0.4) is 0 Å². The number of ether oxygens (including phenoxy) is 1. The molecular formula is C19H22N2O3. The first-order valence-electron chi connectivity index (χ1n) is 7.87. The summed E-state index contributed by atoms with van der Waals surface area (Å²) in [5, 5.41) is 5.37. The van der Waals surface area contributed by atoms with Crippen molar-refractivity contribution < 1.29 is 14.3 Å². The zero-order valence-electron chi connectivity index (χ0n) is 14.2. The maximum absolute atomic E-state index is 12.0. The van der Waals surface area contributed by atoms with Gasteiger partial charge in [-0.2, -0.15) is 0 Å².